The third kappa shape index (κ3) is 4.13. The molecule has 2 amide bonds. The first-order chi connectivity index (χ1) is 14.0. The van der Waals surface area contributed by atoms with Gasteiger partial charge in [-0.1, -0.05) is 41.9 Å². The zero-order chi connectivity index (χ0) is 20.4. The van der Waals surface area contributed by atoms with Gasteiger partial charge in [0.25, 0.3) is 11.8 Å². The van der Waals surface area contributed by atoms with Crippen molar-refractivity contribution in [3.05, 3.63) is 64.9 Å². The number of fused-ring (bicyclic) bond motifs is 1. The summed E-state index contributed by atoms with van der Waals surface area (Å²) in [6, 6.07) is 14.9. The normalized spacial score (nSPS) is 14.9. The Kier molecular flexibility index (Phi) is 5.56. The molecule has 1 saturated heterocycles. The number of quaternary nitrogens is 1. The molecule has 0 spiro atoms. The van der Waals surface area contributed by atoms with Crippen LogP contribution in [0.15, 0.2) is 52.9 Å². The summed E-state index contributed by atoms with van der Waals surface area (Å²) in [6.07, 6.45) is 0. The SMILES string of the molecule is Cc1c(C(=O)N2CC[NH+](CC(=O)Nc3ccccc3Cl)CC2)oc2ccccc12. The molecule has 7 heteroatoms. The summed E-state index contributed by atoms with van der Waals surface area (Å²) < 4.78 is 5.81. The molecule has 6 nitrogen and oxygen atoms in total. The lowest BCUT2D eigenvalue weighted by molar-refractivity contribution is -0.895. The van der Waals surface area contributed by atoms with Gasteiger partial charge in [0.15, 0.2) is 12.3 Å². The first-order valence-electron chi connectivity index (χ1n) is 9.68. The first-order valence-corrected chi connectivity index (χ1v) is 10.1. The van der Waals surface area contributed by atoms with Gasteiger partial charge in [-0.3, -0.25) is 9.59 Å². The molecule has 0 radical (unpaired) electrons. The molecule has 1 fully saturated rings. The van der Waals surface area contributed by atoms with E-state index < -0.39 is 0 Å². The number of aryl methyl sites for hydroxylation is 1. The number of piperazine rings is 1. The summed E-state index contributed by atoms with van der Waals surface area (Å²) in [5, 5.41) is 4.34. The number of carbonyl (C=O) groups excluding carboxylic acids is 2. The van der Waals surface area contributed by atoms with Crippen LogP contribution in [0.1, 0.15) is 16.1 Å². The monoisotopic (exact) mass is 412 g/mol. The number of furan rings is 1. The van der Waals surface area contributed by atoms with Crippen molar-refractivity contribution in [2.24, 2.45) is 0 Å². The number of hydrogen-bond acceptors (Lipinski definition) is 3. The smallest absolute Gasteiger partial charge is 0.290 e. The molecule has 0 bridgehead atoms. The highest BCUT2D eigenvalue weighted by atomic mass is 35.5. The van der Waals surface area contributed by atoms with Gasteiger partial charge in [-0.25, -0.2) is 0 Å². The highest BCUT2D eigenvalue weighted by Gasteiger charge is 2.29. The first kappa shape index (κ1) is 19.5. The highest BCUT2D eigenvalue weighted by molar-refractivity contribution is 6.33. The number of amides is 2. The van der Waals surface area contributed by atoms with Crippen LogP contribution in [-0.2, 0) is 4.79 Å². The number of nitrogens with one attached hydrogen (secondary N) is 2. The van der Waals surface area contributed by atoms with Crippen LogP contribution in [-0.4, -0.2) is 49.4 Å². The van der Waals surface area contributed by atoms with E-state index in [9.17, 15) is 9.59 Å². The molecule has 4 rings (SSSR count). The van der Waals surface area contributed by atoms with Gasteiger partial charge in [-0.05, 0) is 25.1 Å². The molecule has 1 aliphatic rings. The lowest BCUT2D eigenvalue weighted by Crippen LogP contribution is -3.15. The third-order valence-electron chi connectivity index (χ3n) is 5.35. The minimum absolute atomic E-state index is 0.0824. The van der Waals surface area contributed by atoms with Crippen LogP contribution in [0.4, 0.5) is 5.69 Å². The van der Waals surface area contributed by atoms with Crippen molar-refractivity contribution < 1.29 is 18.9 Å². The van der Waals surface area contributed by atoms with Crippen molar-refractivity contribution in [2.45, 2.75) is 6.92 Å². The minimum atomic E-state index is -0.0849. The Morgan fingerprint density at radius 1 is 1.10 bits per heavy atom. The lowest BCUT2D eigenvalue weighted by atomic mass is 10.1. The predicted molar refractivity (Wildman–Crippen MR) is 112 cm³/mol. The Labute approximate surface area is 174 Å². The van der Waals surface area contributed by atoms with Crippen molar-refractivity contribution >= 4 is 40.1 Å². The van der Waals surface area contributed by atoms with Gasteiger partial charge in [0, 0.05) is 10.9 Å². The standard InChI is InChI=1S/C22H22ClN3O3/c1-15-16-6-2-5-9-19(16)29-21(15)22(28)26-12-10-25(11-13-26)14-20(27)24-18-8-4-3-7-17(18)23/h2-9H,10-14H2,1H3,(H,24,27)/p+1. The number of anilines is 1. The van der Waals surface area contributed by atoms with Gasteiger partial charge in [-0.2, -0.15) is 0 Å². The van der Waals surface area contributed by atoms with Crippen molar-refractivity contribution in [2.75, 3.05) is 38.0 Å². The molecule has 29 heavy (non-hydrogen) atoms. The quantitative estimate of drug-likeness (QED) is 0.691. The average molecular weight is 413 g/mol. The maximum Gasteiger partial charge on any atom is 0.290 e. The van der Waals surface area contributed by atoms with E-state index in [1.807, 2.05) is 43.3 Å². The maximum atomic E-state index is 12.9. The highest BCUT2D eigenvalue weighted by Crippen LogP contribution is 2.26. The summed E-state index contributed by atoms with van der Waals surface area (Å²) in [6.45, 7) is 4.85. The Morgan fingerprint density at radius 2 is 1.79 bits per heavy atom. The number of halogens is 1. The summed E-state index contributed by atoms with van der Waals surface area (Å²) >= 11 is 6.09. The van der Waals surface area contributed by atoms with Gasteiger partial charge < -0.3 is 19.5 Å². The van der Waals surface area contributed by atoms with E-state index >= 15 is 0 Å². The fourth-order valence-electron chi connectivity index (χ4n) is 3.71. The fourth-order valence-corrected chi connectivity index (χ4v) is 3.89. The number of benzene rings is 2. The molecule has 2 N–H and O–H groups in total. The lowest BCUT2D eigenvalue weighted by Gasteiger charge is -2.31. The second-order valence-corrected chi connectivity index (χ2v) is 7.71. The molecular formula is C22H23ClN3O3+. The van der Waals surface area contributed by atoms with Crippen LogP contribution in [0.3, 0.4) is 0 Å². The molecule has 0 saturated carbocycles. The molecule has 1 aromatic heterocycles. The second kappa shape index (κ2) is 8.27. The molecule has 0 atom stereocenters. The van der Waals surface area contributed by atoms with Gasteiger partial charge in [-0.15, -0.1) is 0 Å². The van der Waals surface area contributed by atoms with E-state index in [2.05, 4.69) is 5.32 Å². The van der Waals surface area contributed by atoms with Crippen molar-refractivity contribution in [3.8, 4) is 0 Å². The van der Waals surface area contributed by atoms with Crippen LogP contribution in [0.5, 0.6) is 0 Å². The molecule has 1 aliphatic heterocycles. The van der Waals surface area contributed by atoms with Gasteiger partial charge in [0.1, 0.15) is 5.58 Å². The van der Waals surface area contributed by atoms with Gasteiger partial charge in [0.05, 0.1) is 36.9 Å². The number of nitrogens with zero attached hydrogens (tertiary/aromatic N) is 1. The zero-order valence-electron chi connectivity index (χ0n) is 16.2. The second-order valence-electron chi connectivity index (χ2n) is 7.30. The summed E-state index contributed by atoms with van der Waals surface area (Å²) in [5.74, 6) is 0.241. The summed E-state index contributed by atoms with van der Waals surface area (Å²) in [5.41, 5.74) is 2.22. The Morgan fingerprint density at radius 3 is 2.52 bits per heavy atom. The van der Waals surface area contributed by atoms with Gasteiger partial charge >= 0.3 is 0 Å². The van der Waals surface area contributed by atoms with Gasteiger partial charge in [0.2, 0.25) is 0 Å². The van der Waals surface area contributed by atoms with Crippen molar-refractivity contribution in [1.29, 1.82) is 0 Å². The van der Waals surface area contributed by atoms with E-state index in [4.69, 9.17) is 16.0 Å². The fraction of sp³-hybridized carbons (Fsp3) is 0.273. The van der Waals surface area contributed by atoms with E-state index in [1.165, 1.54) is 0 Å². The van der Waals surface area contributed by atoms with E-state index in [0.29, 0.717) is 49.2 Å². The Balaban J connectivity index is 1.34. The summed E-state index contributed by atoms with van der Waals surface area (Å²) in [4.78, 5) is 28.2. The van der Waals surface area contributed by atoms with Crippen molar-refractivity contribution in [3.63, 3.8) is 0 Å². The van der Waals surface area contributed by atoms with Crippen LogP contribution in [0.2, 0.25) is 5.02 Å². The molecule has 150 valence electrons. The molecule has 3 aromatic rings. The Hall–Kier alpha value is -2.83. The maximum absolute atomic E-state index is 12.9. The molecule has 0 unspecified atom stereocenters. The number of carbonyl (C=O) groups is 2. The molecule has 2 aromatic carbocycles. The zero-order valence-corrected chi connectivity index (χ0v) is 17.0. The van der Waals surface area contributed by atoms with E-state index in [-0.39, 0.29) is 11.8 Å². The molecular weight excluding hydrogens is 390 g/mol. The third-order valence-corrected chi connectivity index (χ3v) is 5.68. The number of rotatable bonds is 4. The largest absolute Gasteiger partial charge is 0.451 e. The van der Waals surface area contributed by atoms with Crippen LogP contribution < -0.4 is 10.2 Å². The number of para-hydroxylation sites is 2. The van der Waals surface area contributed by atoms with Crippen LogP contribution >= 0.6 is 11.6 Å². The van der Waals surface area contributed by atoms with E-state index in [1.54, 1.807) is 17.0 Å². The predicted octanol–water partition coefficient (Wildman–Crippen LogP) is 2.37. The molecule has 2 heterocycles. The van der Waals surface area contributed by atoms with E-state index in [0.717, 1.165) is 21.4 Å². The summed E-state index contributed by atoms with van der Waals surface area (Å²) in [7, 11) is 0. The minimum Gasteiger partial charge on any atom is -0.451 e. The average Bonchev–Trinajstić information content (AvgIpc) is 3.07. The molecule has 0 aliphatic carbocycles. The van der Waals surface area contributed by atoms with Crippen LogP contribution in [0.25, 0.3) is 11.0 Å². The number of hydrogen-bond donors (Lipinski definition) is 2. The Bertz CT molecular complexity index is 1050. The van der Waals surface area contributed by atoms with Crippen molar-refractivity contribution in [1.82, 2.24) is 4.90 Å². The topological polar surface area (TPSA) is 67.0 Å². The van der Waals surface area contributed by atoms with Crippen LogP contribution in [0, 0.1) is 6.92 Å².